The van der Waals surface area contributed by atoms with Crippen molar-refractivity contribution in [2.45, 2.75) is 25.8 Å². The zero-order valence-corrected chi connectivity index (χ0v) is 10.8. The molecule has 0 radical (unpaired) electrons. The second-order valence-electron chi connectivity index (χ2n) is 4.84. The molecule has 2 aromatic rings. The Bertz CT molecular complexity index is 574. The normalized spacial score (nSPS) is 14.1. The lowest BCUT2D eigenvalue weighted by Crippen LogP contribution is -2.26. The minimum Gasteiger partial charge on any atom is -0.312 e. The van der Waals surface area contributed by atoms with Crippen molar-refractivity contribution < 1.29 is 4.79 Å². The van der Waals surface area contributed by atoms with Crippen LogP contribution in [-0.2, 0) is 19.4 Å². The number of aryl methyl sites for hydroxylation is 1. The van der Waals surface area contributed by atoms with Crippen LogP contribution in [0.15, 0.2) is 36.8 Å². The summed E-state index contributed by atoms with van der Waals surface area (Å²) in [6.07, 6.45) is 7.69. The van der Waals surface area contributed by atoms with E-state index < -0.39 is 0 Å². The lowest BCUT2D eigenvalue weighted by Gasteiger charge is -2.15. The van der Waals surface area contributed by atoms with Gasteiger partial charge in [-0.3, -0.25) is 14.3 Å². The predicted octanol–water partition coefficient (Wildman–Crippen LogP) is 1.80. The molecule has 2 aromatic heterocycles. The highest BCUT2D eigenvalue weighted by atomic mass is 16.2. The molecule has 3 rings (SSSR count). The summed E-state index contributed by atoms with van der Waals surface area (Å²) in [5.74, 6) is 0.173. The van der Waals surface area contributed by atoms with Crippen LogP contribution in [0.3, 0.4) is 0 Å². The molecule has 0 fully saturated rings. The summed E-state index contributed by atoms with van der Waals surface area (Å²) in [4.78, 5) is 16.3. The third-order valence-corrected chi connectivity index (χ3v) is 3.56. The van der Waals surface area contributed by atoms with E-state index in [1.54, 1.807) is 6.20 Å². The number of carbonyl (C=O) groups is 1. The zero-order chi connectivity index (χ0) is 13.1. The van der Waals surface area contributed by atoms with E-state index in [1.807, 2.05) is 35.2 Å². The van der Waals surface area contributed by atoms with Crippen LogP contribution in [0.1, 0.15) is 28.0 Å². The summed E-state index contributed by atoms with van der Waals surface area (Å²) in [6, 6.07) is 5.96. The van der Waals surface area contributed by atoms with Gasteiger partial charge in [0.25, 0.3) is 0 Å². The van der Waals surface area contributed by atoms with Crippen molar-refractivity contribution in [3.8, 4) is 0 Å². The molecule has 4 heteroatoms. The fourth-order valence-electron chi connectivity index (χ4n) is 2.53. The van der Waals surface area contributed by atoms with E-state index in [-0.39, 0.29) is 5.91 Å². The van der Waals surface area contributed by atoms with Gasteiger partial charge in [-0.1, -0.05) is 6.07 Å². The molecule has 0 aliphatic carbocycles. The van der Waals surface area contributed by atoms with Gasteiger partial charge in [-0.25, -0.2) is 0 Å². The van der Waals surface area contributed by atoms with Gasteiger partial charge < -0.3 is 5.32 Å². The van der Waals surface area contributed by atoms with Crippen molar-refractivity contribution in [2.75, 3.05) is 6.54 Å². The average molecular weight is 255 g/mol. The van der Waals surface area contributed by atoms with Gasteiger partial charge in [0.1, 0.15) is 0 Å². The van der Waals surface area contributed by atoms with E-state index in [9.17, 15) is 4.79 Å². The molecule has 0 bridgehead atoms. The summed E-state index contributed by atoms with van der Waals surface area (Å²) < 4.78 is 1.83. The Morgan fingerprint density at radius 3 is 3.21 bits per heavy atom. The molecule has 0 saturated heterocycles. The number of nitrogens with one attached hydrogen (secondary N) is 1. The van der Waals surface area contributed by atoms with E-state index in [0.717, 1.165) is 31.5 Å². The first-order chi connectivity index (χ1) is 9.34. The van der Waals surface area contributed by atoms with Gasteiger partial charge in [0.2, 0.25) is 5.91 Å². The summed E-state index contributed by atoms with van der Waals surface area (Å²) >= 11 is 0. The number of fused-ring (bicyclic) bond motifs is 1. The van der Waals surface area contributed by atoms with E-state index in [4.69, 9.17) is 0 Å². The van der Waals surface area contributed by atoms with Crippen LogP contribution in [-0.4, -0.2) is 22.0 Å². The largest absolute Gasteiger partial charge is 0.312 e. The van der Waals surface area contributed by atoms with Crippen molar-refractivity contribution in [1.82, 2.24) is 14.9 Å². The Kier molecular flexibility index (Phi) is 3.42. The molecule has 0 spiro atoms. The van der Waals surface area contributed by atoms with Crippen LogP contribution < -0.4 is 5.32 Å². The minimum atomic E-state index is 0.173. The van der Waals surface area contributed by atoms with Gasteiger partial charge in [-0.2, -0.15) is 0 Å². The molecule has 0 unspecified atom stereocenters. The first-order valence-electron chi connectivity index (χ1n) is 6.66. The fraction of sp³-hybridized carbons (Fsp3) is 0.333. The average Bonchev–Trinajstić information content (AvgIpc) is 2.90. The highest BCUT2D eigenvalue weighted by molar-refractivity contribution is 5.80. The molecule has 98 valence electrons. The highest BCUT2D eigenvalue weighted by Gasteiger charge is 2.16. The molecule has 0 amide bonds. The van der Waals surface area contributed by atoms with Crippen LogP contribution in [0.2, 0.25) is 0 Å². The summed E-state index contributed by atoms with van der Waals surface area (Å²) in [5, 5.41) is 3.32. The lowest BCUT2D eigenvalue weighted by molar-refractivity contribution is 0.0899. The third-order valence-electron chi connectivity index (χ3n) is 3.56. The highest BCUT2D eigenvalue weighted by Crippen LogP contribution is 2.16. The van der Waals surface area contributed by atoms with Gasteiger partial charge >= 0.3 is 0 Å². The number of nitrogens with zero attached hydrogens (tertiary/aromatic N) is 2. The molecule has 0 saturated carbocycles. The second kappa shape index (κ2) is 5.36. The van der Waals surface area contributed by atoms with E-state index in [1.165, 1.54) is 11.3 Å². The molecule has 1 N–H and O–H groups in total. The van der Waals surface area contributed by atoms with Crippen molar-refractivity contribution in [1.29, 1.82) is 0 Å². The maximum Gasteiger partial charge on any atom is 0.231 e. The summed E-state index contributed by atoms with van der Waals surface area (Å²) in [5.41, 5.74) is 3.54. The van der Waals surface area contributed by atoms with Gasteiger partial charge in [0, 0.05) is 50.2 Å². The van der Waals surface area contributed by atoms with Crippen LogP contribution in [0, 0.1) is 0 Å². The Morgan fingerprint density at radius 2 is 2.37 bits per heavy atom. The van der Waals surface area contributed by atoms with Gasteiger partial charge in [0.15, 0.2) is 0 Å². The predicted molar refractivity (Wildman–Crippen MR) is 73.0 cm³/mol. The van der Waals surface area contributed by atoms with E-state index in [2.05, 4.69) is 10.3 Å². The first-order valence-corrected chi connectivity index (χ1v) is 6.66. The molecule has 1 aliphatic heterocycles. The number of rotatable bonds is 3. The number of pyridine rings is 1. The first kappa shape index (κ1) is 12.1. The maximum absolute atomic E-state index is 12.3. The molecular weight excluding hydrogens is 238 g/mol. The zero-order valence-electron chi connectivity index (χ0n) is 10.8. The van der Waals surface area contributed by atoms with Crippen LogP contribution >= 0.6 is 0 Å². The quantitative estimate of drug-likeness (QED) is 0.909. The Labute approximate surface area is 112 Å². The summed E-state index contributed by atoms with van der Waals surface area (Å²) in [6.45, 7) is 1.82. The maximum atomic E-state index is 12.3. The van der Waals surface area contributed by atoms with Gasteiger partial charge in [-0.15, -0.1) is 0 Å². The molecular formula is C15H17N3O. The topological polar surface area (TPSA) is 46.9 Å². The van der Waals surface area contributed by atoms with E-state index in [0.29, 0.717) is 6.42 Å². The third kappa shape index (κ3) is 2.58. The van der Waals surface area contributed by atoms with E-state index >= 15 is 0 Å². The number of hydrogen-bond donors (Lipinski definition) is 1. The SMILES string of the molecule is O=C(CCc1cccnc1)n1ccc2c1CCNC2. The lowest BCUT2D eigenvalue weighted by atomic mass is 10.1. The monoisotopic (exact) mass is 255 g/mol. The Hall–Kier alpha value is -1.94. The van der Waals surface area contributed by atoms with Crippen molar-refractivity contribution >= 4 is 5.91 Å². The van der Waals surface area contributed by atoms with Gasteiger partial charge in [-0.05, 0) is 29.7 Å². The Balaban J connectivity index is 1.69. The molecule has 0 atom stereocenters. The van der Waals surface area contributed by atoms with Crippen LogP contribution in [0.5, 0.6) is 0 Å². The fourth-order valence-corrected chi connectivity index (χ4v) is 2.53. The Morgan fingerprint density at radius 1 is 1.42 bits per heavy atom. The molecule has 4 nitrogen and oxygen atoms in total. The van der Waals surface area contributed by atoms with Crippen molar-refractivity contribution in [2.24, 2.45) is 0 Å². The van der Waals surface area contributed by atoms with Crippen molar-refractivity contribution in [3.63, 3.8) is 0 Å². The smallest absolute Gasteiger partial charge is 0.231 e. The number of hydrogen-bond acceptors (Lipinski definition) is 3. The minimum absolute atomic E-state index is 0.173. The van der Waals surface area contributed by atoms with Crippen LogP contribution in [0.25, 0.3) is 0 Å². The number of carbonyl (C=O) groups excluding carboxylic acids is 1. The molecule has 0 aromatic carbocycles. The standard InChI is InChI=1S/C15H17N3O/c19-15(4-3-12-2-1-7-16-10-12)18-9-6-13-11-17-8-5-14(13)18/h1-2,6-7,9-10,17H,3-5,8,11H2. The van der Waals surface area contributed by atoms with Crippen LogP contribution in [0.4, 0.5) is 0 Å². The van der Waals surface area contributed by atoms with Crippen molar-refractivity contribution in [3.05, 3.63) is 53.6 Å². The second-order valence-corrected chi connectivity index (χ2v) is 4.84. The molecule has 3 heterocycles. The van der Waals surface area contributed by atoms with Gasteiger partial charge in [0.05, 0.1) is 0 Å². The summed E-state index contributed by atoms with van der Waals surface area (Å²) in [7, 11) is 0. The number of aromatic nitrogens is 2. The molecule has 1 aliphatic rings. The molecule has 19 heavy (non-hydrogen) atoms.